The summed E-state index contributed by atoms with van der Waals surface area (Å²) in [5, 5.41) is 0. The van der Waals surface area contributed by atoms with Crippen molar-refractivity contribution in [3.05, 3.63) is 42.1 Å². The molecule has 1 spiro atoms. The molecule has 3 heterocycles. The molecule has 222 valence electrons. The minimum Gasteiger partial charge on any atom is -0.469 e. The third kappa shape index (κ3) is 6.47. The largest absolute Gasteiger partial charge is 0.469 e. The number of carbonyl (C=O) groups excluding carboxylic acids is 2. The van der Waals surface area contributed by atoms with E-state index in [1.807, 2.05) is 13.8 Å². The van der Waals surface area contributed by atoms with Crippen LogP contribution in [0.25, 0.3) is 0 Å². The first-order valence-electron chi connectivity index (χ1n) is 14.8. The average Bonchev–Trinajstić information content (AvgIpc) is 2.97. The Bertz CT molecular complexity index is 1230. The summed E-state index contributed by atoms with van der Waals surface area (Å²) < 4.78 is 25.2. The predicted octanol–water partition coefficient (Wildman–Crippen LogP) is 4.77. The number of nitrogens with zero attached hydrogens (tertiary/aromatic N) is 5. The smallest absolute Gasteiger partial charge is 0.308 e. The highest BCUT2D eigenvalue weighted by molar-refractivity contribution is 5.97. The van der Waals surface area contributed by atoms with Crippen molar-refractivity contribution in [3.63, 3.8) is 0 Å². The van der Waals surface area contributed by atoms with E-state index >= 15 is 0 Å². The van der Waals surface area contributed by atoms with Crippen molar-refractivity contribution in [1.82, 2.24) is 19.8 Å². The Kier molecular flexibility index (Phi) is 8.77. The molecule has 3 fully saturated rings. The molecule has 1 aromatic heterocycles. The molecule has 2 aromatic rings. The van der Waals surface area contributed by atoms with Crippen LogP contribution in [0, 0.1) is 23.1 Å². The summed E-state index contributed by atoms with van der Waals surface area (Å²) in [5.74, 6) is 1.31. The number of halogens is 1. The number of anilines is 1. The van der Waals surface area contributed by atoms with E-state index < -0.39 is 5.82 Å². The van der Waals surface area contributed by atoms with Gasteiger partial charge in [-0.05, 0) is 89.6 Å². The SMILES string of the molecule is COC(=O)[C@H]1CC[C@H](CN2CCC3(CC2)CN(c2ncncc2Oc2ccc(F)cc2C(=O)N(C)C(C)C)C3)CC1. The molecule has 1 aromatic carbocycles. The van der Waals surface area contributed by atoms with E-state index in [2.05, 4.69) is 19.8 Å². The number of esters is 1. The van der Waals surface area contributed by atoms with Gasteiger partial charge in [-0.2, -0.15) is 0 Å². The third-order valence-corrected chi connectivity index (χ3v) is 9.31. The number of piperidine rings is 1. The number of benzene rings is 1. The molecular formula is C31H42FN5O4. The second-order valence-corrected chi connectivity index (χ2v) is 12.4. The van der Waals surface area contributed by atoms with E-state index in [-0.39, 0.29) is 40.6 Å². The van der Waals surface area contributed by atoms with Crippen LogP contribution < -0.4 is 9.64 Å². The number of hydrogen-bond acceptors (Lipinski definition) is 8. The normalized spacial score (nSPS) is 22.3. The lowest BCUT2D eigenvalue weighted by Crippen LogP contribution is -2.61. The Morgan fingerprint density at radius 1 is 1.12 bits per heavy atom. The van der Waals surface area contributed by atoms with E-state index in [0.29, 0.717) is 17.5 Å². The van der Waals surface area contributed by atoms with Crippen molar-refractivity contribution >= 4 is 17.7 Å². The lowest BCUT2D eigenvalue weighted by atomic mass is 9.71. The molecule has 9 nitrogen and oxygen atoms in total. The number of hydrogen-bond donors (Lipinski definition) is 0. The summed E-state index contributed by atoms with van der Waals surface area (Å²) in [7, 11) is 3.18. The van der Waals surface area contributed by atoms with Crippen molar-refractivity contribution in [1.29, 1.82) is 0 Å². The number of methoxy groups -OCH3 is 1. The fourth-order valence-electron chi connectivity index (χ4n) is 6.47. The molecule has 10 heteroatoms. The van der Waals surface area contributed by atoms with Crippen LogP contribution in [0.15, 0.2) is 30.7 Å². The zero-order valence-corrected chi connectivity index (χ0v) is 24.6. The van der Waals surface area contributed by atoms with E-state index in [4.69, 9.17) is 9.47 Å². The number of rotatable bonds is 8. The standard InChI is InChI=1S/C31H42FN5O4/c1-21(2)35(3)29(38)25-15-24(32)9-10-26(25)41-27-16-33-20-34-28(27)37-18-31(19-37)11-13-36(14-12-31)17-22-5-7-23(8-6-22)30(39)40-4/h9-10,15-16,20-23H,5-8,11-14,17-19H2,1-4H3/t22-,23-. The number of aromatic nitrogens is 2. The number of carbonyl (C=O) groups is 2. The van der Waals surface area contributed by atoms with Gasteiger partial charge in [-0.15, -0.1) is 0 Å². The molecule has 0 bridgehead atoms. The molecule has 1 amide bonds. The molecule has 3 aliphatic rings. The summed E-state index contributed by atoms with van der Waals surface area (Å²) in [6.07, 6.45) is 9.47. The molecule has 2 aliphatic heterocycles. The average molecular weight is 568 g/mol. The molecule has 0 N–H and O–H groups in total. The van der Waals surface area contributed by atoms with Gasteiger partial charge in [0.1, 0.15) is 17.9 Å². The maximum Gasteiger partial charge on any atom is 0.308 e. The van der Waals surface area contributed by atoms with Crippen LogP contribution in [-0.4, -0.2) is 84.6 Å². The quantitative estimate of drug-likeness (QED) is 0.422. The molecule has 1 saturated carbocycles. The van der Waals surface area contributed by atoms with Crippen molar-refractivity contribution in [2.45, 2.75) is 58.4 Å². The summed E-state index contributed by atoms with van der Waals surface area (Å²) in [5.41, 5.74) is 0.431. The molecule has 0 radical (unpaired) electrons. The van der Waals surface area contributed by atoms with Crippen LogP contribution in [0.2, 0.25) is 0 Å². The topological polar surface area (TPSA) is 88.1 Å². The summed E-state index contributed by atoms with van der Waals surface area (Å²) in [4.78, 5) is 39.9. The van der Waals surface area contributed by atoms with Crippen molar-refractivity contribution in [2.75, 3.05) is 51.8 Å². The first-order valence-corrected chi connectivity index (χ1v) is 14.8. The Morgan fingerprint density at radius 2 is 1.83 bits per heavy atom. The highest BCUT2D eigenvalue weighted by Gasteiger charge is 2.46. The lowest BCUT2D eigenvalue weighted by molar-refractivity contribution is -0.146. The number of ether oxygens (including phenoxy) is 2. The summed E-state index contributed by atoms with van der Waals surface area (Å²) >= 11 is 0. The highest BCUT2D eigenvalue weighted by Crippen LogP contribution is 2.45. The molecule has 0 atom stereocenters. The number of amides is 1. The lowest BCUT2D eigenvalue weighted by Gasteiger charge is -2.54. The van der Waals surface area contributed by atoms with Gasteiger partial charge in [-0.3, -0.25) is 9.59 Å². The van der Waals surface area contributed by atoms with Crippen LogP contribution in [0.3, 0.4) is 0 Å². The van der Waals surface area contributed by atoms with Crippen LogP contribution in [0.1, 0.15) is 62.7 Å². The second-order valence-electron chi connectivity index (χ2n) is 12.4. The van der Waals surface area contributed by atoms with Gasteiger partial charge in [0.25, 0.3) is 5.91 Å². The highest BCUT2D eigenvalue weighted by atomic mass is 19.1. The van der Waals surface area contributed by atoms with E-state index in [9.17, 15) is 14.0 Å². The van der Waals surface area contributed by atoms with Crippen LogP contribution in [-0.2, 0) is 9.53 Å². The fourth-order valence-corrected chi connectivity index (χ4v) is 6.47. The van der Waals surface area contributed by atoms with Gasteiger partial charge >= 0.3 is 5.97 Å². The van der Waals surface area contributed by atoms with Gasteiger partial charge in [0, 0.05) is 38.1 Å². The molecule has 41 heavy (non-hydrogen) atoms. The maximum atomic E-state index is 14.1. The van der Waals surface area contributed by atoms with Gasteiger partial charge in [0.15, 0.2) is 11.6 Å². The van der Waals surface area contributed by atoms with Crippen molar-refractivity contribution in [3.8, 4) is 11.5 Å². The first-order chi connectivity index (χ1) is 19.7. The molecule has 2 saturated heterocycles. The van der Waals surface area contributed by atoms with Crippen molar-refractivity contribution < 1.29 is 23.5 Å². The second kappa shape index (κ2) is 12.3. The monoisotopic (exact) mass is 567 g/mol. The molecule has 0 unspecified atom stereocenters. The Labute approximate surface area is 242 Å². The third-order valence-electron chi connectivity index (χ3n) is 9.31. The summed E-state index contributed by atoms with van der Waals surface area (Å²) in [6.45, 7) is 8.88. The number of likely N-dealkylation sites (tertiary alicyclic amines) is 1. The van der Waals surface area contributed by atoms with Gasteiger partial charge in [-0.25, -0.2) is 14.4 Å². The first kappa shape index (κ1) is 29.2. The zero-order chi connectivity index (χ0) is 29.1. The van der Waals surface area contributed by atoms with Gasteiger partial charge < -0.3 is 24.2 Å². The minimum absolute atomic E-state index is 0.0421. The van der Waals surface area contributed by atoms with Crippen LogP contribution in [0.4, 0.5) is 10.2 Å². The molecular weight excluding hydrogens is 525 g/mol. The van der Waals surface area contributed by atoms with Crippen LogP contribution in [0.5, 0.6) is 11.5 Å². The van der Waals surface area contributed by atoms with Gasteiger partial charge in [-0.1, -0.05) is 0 Å². The minimum atomic E-state index is -0.493. The van der Waals surface area contributed by atoms with Crippen LogP contribution >= 0.6 is 0 Å². The van der Waals surface area contributed by atoms with E-state index in [0.717, 1.165) is 71.2 Å². The fraction of sp³-hybridized carbons (Fsp3) is 0.613. The summed E-state index contributed by atoms with van der Waals surface area (Å²) in [6, 6.07) is 3.96. The predicted molar refractivity (Wildman–Crippen MR) is 154 cm³/mol. The van der Waals surface area contributed by atoms with E-state index in [1.165, 1.54) is 31.6 Å². The molecule has 5 rings (SSSR count). The Morgan fingerprint density at radius 3 is 2.49 bits per heavy atom. The maximum absolute atomic E-state index is 14.1. The molecule has 1 aliphatic carbocycles. The zero-order valence-electron chi connectivity index (χ0n) is 24.6. The Hall–Kier alpha value is -3.27. The Balaban J connectivity index is 1.17. The van der Waals surface area contributed by atoms with E-state index in [1.54, 1.807) is 18.1 Å². The van der Waals surface area contributed by atoms with Crippen molar-refractivity contribution in [2.24, 2.45) is 17.3 Å². The van der Waals surface area contributed by atoms with Gasteiger partial charge in [0.05, 0.1) is 24.8 Å². The van der Waals surface area contributed by atoms with Gasteiger partial charge in [0.2, 0.25) is 0 Å².